The van der Waals surface area contributed by atoms with E-state index in [4.69, 9.17) is 5.14 Å². The number of primary sulfonamides is 1. The molecule has 0 atom stereocenters. The molecule has 0 spiro atoms. The minimum absolute atomic E-state index is 0.114. The summed E-state index contributed by atoms with van der Waals surface area (Å²) in [5.74, 6) is 0. The van der Waals surface area contributed by atoms with Crippen LogP contribution in [0.3, 0.4) is 0 Å². The molecule has 0 radical (unpaired) electrons. The first-order valence-corrected chi connectivity index (χ1v) is 8.78. The summed E-state index contributed by atoms with van der Waals surface area (Å²) in [6.07, 6.45) is 0. The highest BCUT2D eigenvalue weighted by Gasteiger charge is 2.08. The predicted octanol–water partition coefficient (Wildman–Crippen LogP) is 3.16. The highest BCUT2D eigenvalue weighted by molar-refractivity contribution is 7.89. The molecule has 3 N–H and O–H groups in total. The number of anilines is 1. The smallest absolute Gasteiger partial charge is 0.238 e. The van der Waals surface area contributed by atoms with Crippen molar-refractivity contribution in [3.8, 4) is 0 Å². The topological polar surface area (TPSA) is 72.2 Å². The van der Waals surface area contributed by atoms with Crippen molar-refractivity contribution < 1.29 is 8.42 Å². The second-order valence-electron chi connectivity index (χ2n) is 4.68. The fourth-order valence-electron chi connectivity index (χ4n) is 2.15. The lowest BCUT2D eigenvalue weighted by molar-refractivity contribution is 0.598. The van der Waals surface area contributed by atoms with Gasteiger partial charge in [0.1, 0.15) is 0 Å². The van der Waals surface area contributed by atoms with Gasteiger partial charge in [0.25, 0.3) is 0 Å². The predicted molar refractivity (Wildman–Crippen MR) is 87.0 cm³/mol. The molecule has 1 heterocycles. The molecule has 3 rings (SSSR count). The van der Waals surface area contributed by atoms with Crippen LogP contribution in [0.4, 0.5) is 5.69 Å². The van der Waals surface area contributed by atoms with Gasteiger partial charge in [-0.3, -0.25) is 0 Å². The van der Waals surface area contributed by atoms with E-state index in [1.54, 1.807) is 23.5 Å². The van der Waals surface area contributed by atoms with E-state index < -0.39 is 10.0 Å². The molecule has 0 aliphatic rings. The monoisotopic (exact) mass is 318 g/mol. The molecular weight excluding hydrogens is 304 g/mol. The van der Waals surface area contributed by atoms with Gasteiger partial charge in [0.15, 0.2) is 0 Å². The Morgan fingerprint density at radius 1 is 1.10 bits per heavy atom. The van der Waals surface area contributed by atoms with Crippen LogP contribution in [0.25, 0.3) is 10.1 Å². The van der Waals surface area contributed by atoms with Crippen molar-refractivity contribution in [2.75, 3.05) is 5.32 Å². The van der Waals surface area contributed by atoms with Crippen LogP contribution in [-0.2, 0) is 16.6 Å². The zero-order valence-electron chi connectivity index (χ0n) is 11.1. The maximum absolute atomic E-state index is 11.3. The van der Waals surface area contributed by atoms with E-state index in [9.17, 15) is 8.42 Å². The molecule has 0 amide bonds. The lowest BCUT2D eigenvalue weighted by atomic mass is 10.2. The number of hydrogen-bond donors (Lipinski definition) is 2. The summed E-state index contributed by atoms with van der Waals surface area (Å²) < 4.78 is 23.9. The summed E-state index contributed by atoms with van der Waals surface area (Å²) in [7, 11) is -3.67. The molecule has 4 nitrogen and oxygen atoms in total. The lowest BCUT2D eigenvalue weighted by Crippen LogP contribution is -2.12. The minimum Gasteiger partial charge on any atom is -0.381 e. The minimum atomic E-state index is -3.67. The Hall–Kier alpha value is -1.89. The first-order chi connectivity index (χ1) is 10.0. The van der Waals surface area contributed by atoms with E-state index in [0.717, 1.165) is 5.69 Å². The number of nitrogens with two attached hydrogens (primary N) is 1. The number of benzene rings is 2. The molecular formula is C15H14N2O2S2. The Balaban J connectivity index is 1.82. The van der Waals surface area contributed by atoms with Gasteiger partial charge in [-0.25, -0.2) is 13.6 Å². The van der Waals surface area contributed by atoms with E-state index in [1.807, 2.05) is 18.2 Å². The van der Waals surface area contributed by atoms with Gasteiger partial charge in [0, 0.05) is 16.9 Å². The van der Waals surface area contributed by atoms with Gasteiger partial charge in [-0.15, -0.1) is 11.3 Å². The van der Waals surface area contributed by atoms with Gasteiger partial charge in [0.2, 0.25) is 10.0 Å². The summed E-state index contributed by atoms with van der Waals surface area (Å²) in [5.41, 5.74) is 1.92. The number of sulfonamides is 1. The zero-order valence-corrected chi connectivity index (χ0v) is 12.7. The molecule has 3 aromatic rings. The molecule has 0 saturated carbocycles. The van der Waals surface area contributed by atoms with Crippen molar-refractivity contribution in [1.29, 1.82) is 0 Å². The van der Waals surface area contributed by atoms with E-state index in [1.165, 1.54) is 21.7 Å². The van der Waals surface area contributed by atoms with E-state index in [0.29, 0.717) is 6.54 Å². The molecule has 0 fully saturated rings. The van der Waals surface area contributed by atoms with Crippen molar-refractivity contribution in [3.63, 3.8) is 0 Å². The molecule has 0 aliphatic heterocycles. The standard InChI is InChI=1S/C15H14N2O2S2/c16-21(18,19)13-5-3-4-12(8-13)17-9-11-10-20-15-7-2-1-6-14(11)15/h1-8,10,17H,9H2,(H2,16,18,19). The maximum atomic E-state index is 11.3. The Kier molecular flexibility index (Phi) is 3.67. The van der Waals surface area contributed by atoms with Crippen LogP contribution in [0.5, 0.6) is 0 Å². The van der Waals surface area contributed by atoms with Crippen molar-refractivity contribution in [2.45, 2.75) is 11.4 Å². The van der Waals surface area contributed by atoms with E-state index in [2.05, 4.69) is 22.8 Å². The van der Waals surface area contributed by atoms with Gasteiger partial charge in [-0.05, 0) is 40.6 Å². The molecule has 1 aromatic heterocycles. The maximum Gasteiger partial charge on any atom is 0.238 e. The number of thiophene rings is 1. The second kappa shape index (κ2) is 5.48. The summed E-state index contributed by atoms with van der Waals surface area (Å²) in [6.45, 7) is 0.637. The van der Waals surface area contributed by atoms with Crippen LogP contribution in [0, 0.1) is 0 Å². The van der Waals surface area contributed by atoms with Crippen molar-refractivity contribution in [3.05, 3.63) is 59.5 Å². The molecule has 0 saturated heterocycles. The van der Waals surface area contributed by atoms with Crippen LogP contribution in [0.2, 0.25) is 0 Å². The molecule has 2 aromatic carbocycles. The number of hydrogen-bond acceptors (Lipinski definition) is 4. The fourth-order valence-corrected chi connectivity index (χ4v) is 3.67. The highest BCUT2D eigenvalue weighted by Crippen LogP contribution is 2.26. The van der Waals surface area contributed by atoms with Crippen LogP contribution in [0.15, 0.2) is 58.8 Å². The zero-order chi connectivity index (χ0) is 14.9. The SMILES string of the molecule is NS(=O)(=O)c1cccc(NCc2csc3ccccc23)c1. The normalized spacial score (nSPS) is 11.7. The quantitative estimate of drug-likeness (QED) is 0.776. The lowest BCUT2D eigenvalue weighted by Gasteiger charge is -2.07. The number of nitrogens with one attached hydrogen (secondary N) is 1. The van der Waals surface area contributed by atoms with Gasteiger partial charge in [-0.2, -0.15) is 0 Å². The second-order valence-corrected chi connectivity index (χ2v) is 7.16. The fraction of sp³-hybridized carbons (Fsp3) is 0.0667. The van der Waals surface area contributed by atoms with Crippen molar-refractivity contribution in [2.24, 2.45) is 5.14 Å². The molecule has 0 aliphatic carbocycles. The molecule has 21 heavy (non-hydrogen) atoms. The number of fused-ring (bicyclic) bond motifs is 1. The summed E-state index contributed by atoms with van der Waals surface area (Å²) in [6, 6.07) is 14.7. The van der Waals surface area contributed by atoms with Crippen molar-refractivity contribution >= 4 is 37.1 Å². The Labute approximate surface area is 127 Å². The summed E-state index contributed by atoms with van der Waals surface area (Å²) in [4.78, 5) is 0.114. The third-order valence-corrected chi connectivity index (χ3v) is 5.13. The molecule has 108 valence electrons. The van der Waals surface area contributed by atoms with Crippen LogP contribution < -0.4 is 10.5 Å². The molecule has 0 bridgehead atoms. The Bertz CT molecular complexity index is 885. The Morgan fingerprint density at radius 3 is 2.71 bits per heavy atom. The van der Waals surface area contributed by atoms with E-state index in [-0.39, 0.29) is 4.90 Å². The first-order valence-electron chi connectivity index (χ1n) is 6.36. The van der Waals surface area contributed by atoms with Gasteiger partial charge in [-0.1, -0.05) is 24.3 Å². The number of rotatable bonds is 4. The average molecular weight is 318 g/mol. The molecule has 6 heteroatoms. The van der Waals surface area contributed by atoms with E-state index >= 15 is 0 Å². The summed E-state index contributed by atoms with van der Waals surface area (Å²) >= 11 is 1.70. The third-order valence-electron chi connectivity index (χ3n) is 3.21. The van der Waals surface area contributed by atoms with Gasteiger partial charge >= 0.3 is 0 Å². The van der Waals surface area contributed by atoms with Crippen molar-refractivity contribution in [1.82, 2.24) is 0 Å². The Morgan fingerprint density at radius 2 is 1.90 bits per heavy atom. The van der Waals surface area contributed by atoms with Gasteiger partial charge in [0.05, 0.1) is 4.90 Å². The van der Waals surface area contributed by atoms with Crippen LogP contribution >= 0.6 is 11.3 Å². The summed E-state index contributed by atoms with van der Waals surface area (Å²) in [5, 5.41) is 11.7. The third kappa shape index (κ3) is 3.07. The van der Waals surface area contributed by atoms with Crippen LogP contribution in [-0.4, -0.2) is 8.42 Å². The average Bonchev–Trinajstić information content (AvgIpc) is 2.88. The first kappa shape index (κ1) is 14.1. The highest BCUT2D eigenvalue weighted by atomic mass is 32.2. The largest absolute Gasteiger partial charge is 0.381 e. The van der Waals surface area contributed by atoms with Gasteiger partial charge < -0.3 is 5.32 Å². The van der Waals surface area contributed by atoms with Crippen LogP contribution in [0.1, 0.15) is 5.56 Å². The molecule has 0 unspecified atom stereocenters.